The van der Waals surface area contributed by atoms with Crippen LogP contribution in [-0.2, 0) is 4.79 Å². The van der Waals surface area contributed by atoms with Crippen molar-refractivity contribution in [2.45, 2.75) is 18.9 Å². The molecule has 0 bridgehead atoms. The molecule has 18 heavy (non-hydrogen) atoms. The number of carbonyl (C=O) groups is 1. The zero-order chi connectivity index (χ0) is 12.4. The number of piperidine rings is 1. The second kappa shape index (κ2) is 4.60. The van der Waals surface area contributed by atoms with Gasteiger partial charge >= 0.3 is 0 Å². The number of nitrogens with zero attached hydrogens (tertiary/aromatic N) is 2. The lowest BCUT2D eigenvalue weighted by atomic mass is 10.1. The van der Waals surface area contributed by atoms with E-state index in [1.807, 2.05) is 24.3 Å². The fraction of sp³-hybridized carbons (Fsp3) is 0.308. The van der Waals surface area contributed by atoms with Crippen LogP contribution in [0.25, 0.3) is 10.8 Å². The first-order valence-electron chi connectivity index (χ1n) is 6.09. The minimum atomic E-state index is -0.209. The van der Waals surface area contributed by atoms with Crippen LogP contribution in [0.3, 0.4) is 0 Å². The van der Waals surface area contributed by atoms with Crippen molar-refractivity contribution in [3.8, 4) is 0 Å². The van der Waals surface area contributed by atoms with Gasteiger partial charge in [0.2, 0.25) is 5.91 Å². The molecule has 5 heteroatoms. The Labute approximate surface area is 105 Å². The van der Waals surface area contributed by atoms with Gasteiger partial charge in [-0.25, -0.2) is 0 Å². The second-order valence-corrected chi connectivity index (χ2v) is 4.41. The van der Waals surface area contributed by atoms with E-state index in [9.17, 15) is 4.79 Å². The van der Waals surface area contributed by atoms with Crippen molar-refractivity contribution < 1.29 is 4.79 Å². The molecule has 0 radical (unpaired) electrons. The van der Waals surface area contributed by atoms with Crippen molar-refractivity contribution in [3.63, 3.8) is 0 Å². The quantitative estimate of drug-likeness (QED) is 0.833. The molecule has 1 aromatic carbocycles. The highest BCUT2D eigenvalue weighted by Gasteiger charge is 2.22. The molecular weight excluding hydrogens is 228 g/mol. The van der Waals surface area contributed by atoms with Gasteiger partial charge in [-0.3, -0.25) is 4.79 Å². The summed E-state index contributed by atoms with van der Waals surface area (Å²) in [6, 6.07) is 7.67. The molecule has 2 aromatic rings. The molecule has 92 valence electrons. The number of nitrogens with one attached hydrogen (secondary N) is 2. The van der Waals surface area contributed by atoms with Crippen molar-refractivity contribution in [1.82, 2.24) is 15.5 Å². The Kier molecular flexibility index (Phi) is 2.80. The highest BCUT2D eigenvalue weighted by molar-refractivity contribution is 5.93. The molecule has 1 aliphatic heterocycles. The molecule has 1 aliphatic rings. The summed E-state index contributed by atoms with van der Waals surface area (Å²) in [5.41, 5.74) is 0. The largest absolute Gasteiger partial charge is 0.356 e. The van der Waals surface area contributed by atoms with Gasteiger partial charge in [0.1, 0.15) is 6.04 Å². The van der Waals surface area contributed by atoms with Crippen LogP contribution in [0, 0.1) is 0 Å². The van der Waals surface area contributed by atoms with E-state index in [0.29, 0.717) is 5.82 Å². The van der Waals surface area contributed by atoms with E-state index in [2.05, 4.69) is 20.8 Å². The molecule has 3 rings (SSSR count). The lowest BCUT2D eigenvalue weighted by Crippen LogP contribution is -2.44. The van der Waals surface area contributed by atoms with E-state index < -0.39 is 0 Å². The number of aromatic nitrogens is 2. The zero-order valence-corrected chi connectivity index (χ0v) is 9.89. The first-order chi connectivity index (χ1) is 8.84. The molecule has 5 nitrogen and oxygen atoms in total. The van der Waals surface area contributed by atoms with E-state index in [0.717, 1.165) is 30.2 Å². The maximum absolute atomic E-state index is 11.7. The molecule has 1 unspecified atom stereocenters. The van der Waals surface area contributed by atoms with E-state index in [4.69, 9.17) is 0 Å². The van der Waals surface area contributed by atoms with Crippen LogP contribution in [0.1, 0.15) is 12.8 Å². The Morgan fingerprint density at radius 3 is 3.11 bits per heavy atom. The van der Waals surface area contributed by atoms with Crippen LogP contribution < -0.4 is 10.6 Å². The van der Waals surface area contributed by atoms with E-state index in [-0.39, 0.29) is 11.9 Å². The van der Waals surface area contributed by atoms with Gasteiger partial charge in [0.25, 0.3) is 0 Å². The van der Waals surface area contributed by atoms with Gasteiger partial charge in [-0.15, -0.1) is 5.10 Å². The van der Waals surface area contributed by atoms with Crippen molar-refractivity contribution in [3.05, 3.63) is 30.5 Å². The molecule has 0 saturated carbocycles. The Bertz CT molecular complexity index is 579. The SMILES string of the molecule is O=C1NCCCC1Nc1nncc2ccccc12. The van der Waals surface area contributed by atoms with Gasteiger partial charge in [0.15, 0.2) is 5.82 Å². The normalized spacial score (nSPS) is 19.6. The third kappa shape index (κ3) is 1.99. The van der Waals surface area contributed by atoms with Gasteiger partial charge in [0.05, 0.1) is 6.20 Å². The lowest BCUT2D eigenvalue weighted by Gasteiger charge is -2.23. The summed E-state index contributed by atoms with van der Waals surface area (Å²) in [7, 11) is 0. The molecule has 1 saturated heterocycles. The molecule has 1 fully saturated rings. The molecule has 2 heterocycles. The number of hydrogen-bond donors (Lipinski definition) is 2. The number of fused-ring (bicyclic) bond motifs is 1. The van der Waals surface area contributed by atoms with Gasteiger partial charge in [-0.1, -0.05) is 24.3 Å². The maximum atomic E-state index is 11.7. The molecule has 2 N–H and O–H groups in total. The van der Waals surface area contributed by atoms with Crippen LogP contribution in [0.5, 0.6) is 0 Å². The summed E-state index contributed by atoms with van der Waals surface area (Å²) < 4.78 is 0. The average molecular weight is 242 g/mol. The predicted octanol–water partition coefficient (Wildman–Crippen LogP) is 1.32. The van der Waals surface area contributed by atoms with Crippen molar-refractivity contribution in [1.29, 1.82) is 0 Å². The standard InChI is InChI=1S/C13H14N4O/c18-13-11(6-3-7-14-13)16-12-10-5-2-1-4-9(10)8-15-17-12/h1-2,4-5,8,11H,3,6-7H2,(H,14,18)(H,16,17). The second-order valence-electron chi connectivity index (χ2n) is 4.41. The summed E-state index contributed by atoms with van der Waals surface area (Å²) >= 11 is 0. The number of carbonyl (C=O) groups excluding carboxylic acids is 1. The number of amides is 1. The first kappa shape index (κ1) is 11.0. The Morgan fingerprint density at radius 1 is 1.33 bits per heavy atom. The molecule has 1 aromatic heterocycles. The van der Waals surface area contributed by atoms with Crippen LogP contribution >= 0.6 is 0 Å². The van der Waals surface area contributed by atoms with Crippen LogP contribution in [-0.4, -0.2) is 28.7 Å². The number of anilines is 1. The average Bonchev–Trinajstić information content (AvgIpc) is 2.42. The Balaban J connectivity index is 1.92. The Morgan fingerprint density at radius 2 is 2.22 bits per heavy atom. The third-order valence-electron chi connectivity index (χ3n) is 3.17. The highest BCUT2D eigenvalue weighted by Crippen LogP contribution is 2.21. The molecule has 0 aliphatic carbocycles. The Hall–Kier alpha value is -2.17. The molecule has 1 amide bonds. The minimum Gasteiger partial charge on any atom is -0.356 e. The third-order valence-corrected chi connectivity index (χ3v) is 3.17. The van der Waals surface area contributed by atoms with Gasteiger partial charge < -0.3 is 10.6 Å². The summed E-state index contributed by atoms with van der Waals surface area (Å²) in [6.45, 7) is 0.762. The van der Waals surface area contributed by atoms with Crippen molar-refractivity contribution in [2.24, 2.45) is 0 Å². The van der Waals surface area contributed by atoms with Crippen LogP contribution in [0.2, 0.25) is 0 Å². The first-order valence-corrected chi connectivity index (χ1v) is 6.09. The van der Waals surface area contributed by atoms with E-state index in [1.165, 1.54) is 0 Å². The number of benzene rings is 1. The zero-order valence-electron chi connectivity index (χ0n) is 9.89. The summed E-state index contributed by atoms with van der Waals surface area (Å²) in [5, 5.41) is 16.1. The van der Waals surface area contributed by atoms with E-state index in [1.54, 1.807) is 6.20 Å². The topological polar surface area (TPSA) is 66.9 Å². The summed E-state index contributed by atoms with van der Waals surface area (Å²) in [4.78, 5) is 11.7. The smallest absolute Gasteiger partial charge is 0.242 e. The van der Waals surface area contributed by atoms with Gasteiger partial charge in [-0.05, 0) is 12.8 Å². The molecule has 1 atom stereocenters. The lowest BCUT2D eigenvalue weighted by molar-refractivity contribution is -0.123. The van der Waals surface area contributed by atoms with Crippen LogP contribution in [0.15, 0.2) is 30.5 Å². The molecular formula is C13H14N4O. The summed E-state index contributed by atoms with van der Waals surface area (Å²) in [6.07, 6.45) is 3.54. The summed E-state index contributed by atoms with van der Waals surface area (Å²) in [5.74, 6) is 0.714. The maximum Gasteiger partial charge on any atom is 0.242 e. The van der Waals surface area contributed by atoms with Crippen molar-refractivity contribution in [2.75, 3.05) is 11.9 Å². The fourth-order valence-corrected chi connectivity index (χ4v) is 2.21. The van der Waals surface area contributed by atoms with Crippen LogP contribution in [0.4, 0.5) is 5.82 Å². The van der Waals surface area contributed by atoms with Crippen molar-refractivity contribution >= 4 is 22.5 Å². The van der Waals surface area contributed by atoms with E-state index >= 15 is 0 Å². The monoisotopic (exact) mass is 242 g/mol. The molecule has 0 spiro atoms. The number of hydrogen-bond acceptors (Lipinski definition) is 4. The van der Waals surface area contributed by atoms with Gasteiger partial charge in [-0.2, -0.15) is 5.10 Å². The predicted molar refractivity (Wildman–Crippen MR) is 69.2 cm³/mol. The fourth-order valence-electron chi connectivity index (χ4n) is 2.21. The minimum absolute atomic E-state index is 0.0379. The number of rotatable bonds is 2. The highest BCUT2D eigenvalue weighted by atomic mass is 16.2. The van der Waals surface area contributed by atoms with Gasteiger partial charge in [0, 0.05) is 17.3 Å².